The number of nitrogens with zero attached hydrogens (tertiary/aromatic N) is 2. The lowest BCUT2D eigenvalue weighted by Crippen LogP contribution is -2.48. The van der Waals surface area contributed by atoms with E-state index >= 15 is 0 Å². The third-order valence-electron chi connectivity index (χ3n) is 3.94. The summed E-state index contributed by atoms with van der Waals surface area (Å²) in [4.78, 5) is 15.3. The Hall–Kier alpha value is -1.55. The Balaban J connectivity index is 2.08. The summed E-state index contributed by atoms with van der Waals surface area (Å²) in [6.45, 7) is 3.08. The molecule has 0 saturated carbocycles. The highest BCUT2D eigenvalue weighted by molar-refractivity contribution is 5.73. The maximum absolute atomic E-state index is 11.4. The zero-order valence-electron chi connectivity index (χ0n) is 12.0. The average Bonchev–Trinajstić information content (AvgIpc) is 2.38. The third-order valence-corrected chi connectivity index (χ3v) is 3.94. The number of anilines is 1. The van der Waals surface area contributed by atoms with Gasteiger partial charge in [0.2, 0.25) is 5.91 Å². The number of rotatable bonds is 2. The highest BCUT2D eigenvalue weighted by Crippen LogP contribution is 2.28. The first-order valence-corrected chi connectivity index (χ1v) is 6.77. The molecule has 1 fully saturated rings. The predicted octanol–water partition coefficient (Wildman–Crippen LogP) is 1.42. The SMILES string of the molecule is CC(=O)N1CCC(c2ccc(N(C)C)cc2)C(N)C1. The summed E-state index contributed by atoms with van der Waals surface area (Å²) in [5, 5.41) is 0. The molecular weight excluding hydrogens is 238 g/mol. The smallest absolute Gasteiger partial charge is 0.219 e. The minimum Gasteiger partial charge on any atom is -0.378 e. The summed E-state index contributed by atoms with van der Waals surface area (Å²) >= 11 is 0. The predicted molar refractivity (Wildman–Crippen MR) is 78.4 cm³/mol. The molecule has 1 aromatic carbocycles. The summed E-state index contributed by atoms with van der Waals surface area (Å²) < 4.78 is 0. The van der Waals surface area contributed by atoms with Crippen LogP contribution >= 0.6 is 0 Å². The van der Waals surface area contributed by atoms with E-state index < -0.39 is 0 Å². The van der Waals surface area contributed by atoms with Crippen molar-refractivity contribution in [2.45, 2.75) is 25.3 Å². The van der Waals surface area contributed by atoms with Gasteiger partial charge in [-0.05, 0) is 24.1 Å². The number of carbonyl (C=O) groups excluding carboxylic acids is 1. The van der Waals surface area contributed by atoms with Crippen molar-refractivity contribution in [2.24, 2.45) is 5.73 Å². The molecule has 0 bridgehead atoms. The van der Waals surface area contributed by atoms with E-state index in [0.717, 1.165) is 13.0 Å². The van der Waals surface area contributed by atoms with Gasteiger partial charge in [0.05, 0.1) is 0 Å². The Morgan fingerprint density at radius 3 is 2.42 bits per heavy atom. The van der Waals surface area contributed by atoms with Crippen LogP contribution in [-0.4, -0.2) is 44.0 Å². The molecule has 1 aromatic rings. The number of likely N-dealkylation sites (tertiary alicyclic amines) is 1. The summed E-state index contributed by atoms with van der Waals surface area (Å²) in [7, 11) is 4.07. The van der Waals surface area contributed by atoms with Crippen LogP contribution in [-0.2, 0) is 4.79 Å². The Kier molecular flexibility index (Phi) is 4.10. The molecule has 1 amide bonds. The van der Waals surface area contributed by atoms with Crippen molar-refractivity contribution in [3.8, 4) is 0 Å². The van der Waals surface area contributed by atoms with Gasteiger partial charge in [-0.3, -0.25) is 4.79 Å². The van der Waals surface area contributed by atoms with E-state index in [0.29, 0.717) is 12.5 Å². The van der Waals surface area contributed by atoms with Gasteiger partial charge in [0.1, 0.15) is 0 Å². The van der Waals surface area contributed by atoms with Crippen LogP contribution in [0.2, 0.25) is 0 Å². The van der Waals surface area contributed by atoms with Crippen LogP contribution in [0.1, 0.15) is 24.8 Å². The summed E-state index contributed by atoms with van der Waals surface area (Å²) in [5.74, 6) is 0.476. The molecule has 1 heterocycles. The van der Waals surface area contributed by atoms with E-state index in [1.54, 1.807) is 6.92 Å². The van der Waals surface area contributed by atoms with Crippen molar-refractivity contribution in [3.63, 3.8) is 0 Å². The molecule has 0 spiro atoms. The molecule has 4 nitrogen and oxygen atoms in total. The number of hydrogen-bond acceptors (Lipinski definition) is 3. The van der Waals surface area contributed by atoms with Gasteiger partial charge >= 0.3 is 0 Å². The quantitative estimate of drug-likeness (QED) is 0.876. The minimum absolute atomic E-state index is 0.0304. The molecule has 4 heteroatoms. The summed E-state index contributed by atoms with van der Waals surface area (Å²) in [5.41, 5.74) is 8.70. The van der Waals surface area contributed by atoms with Crippen LogP contribution < -0.4 is 10.6 Å². The number of amides is 1. The standard InChI is InChI=1S/C15H23N3O/c1-11(19)18-9-8-14(15(16)10-18)12-4-6-13(7-5-12)17(2)3/h4-7,14-15H,8-10,16H2,1-3H3. The van der Waals surface area contributed by atoms with Crippen LogP contribution in [0.25, 0.3) is 0 Å². The Labute approximate surface area is 115 Å². The zero-order valence-corrected chi connectivity index (χ0v) is 12.0. The monoisotopic (exact) mass is 261 g/mol. The van der Waals surface area contributed by atoms with Gasteiger partial charge in [0.15, 0.2) is 0 Å². The lowest BCUT2D eigenvalue weighted by molar-refractivity contribution is -0.130. The molecule has 2 N–H and O–H groups in total. The normalized spacial score (nSPS) is 23.3. The van der Waals surface area contributed by atoms with Crippen LogP contribution in [0.5, 0.6) is 0 Å². The molecular formula is C15H23N3O. The second-order valence-corrected chi connectivity index (χ2v) is 5.51. The molecule has 2 rings (SSSR count). The number of piperidine rings is 1. The lowest BCUT2D eigenvalue weighted by atomic mass is 9.85. The lowest BCUT2D eigenvalue weighted by Gasteiger charge is -2.36. The highest BCUT2D eigenvalue weighted by Gasteiger charge is 2.28. The van der Waals surface area contributed by atoms with Crippen molar-refractivity contribution < 1.29 is 4.79 Å². The van der Waals surface area contributed by atoms with Gasteiger partial charge in [0.25, 0.3) is 0 Å². The fraction of sp³-hybridized carbons (Fsp3) is 0.533. The van der Waals surface area contributed by atoms with Crippen LogP contribution in [0.3, 0.4) is 0 Å². The minimum atomic E-state index is 0.0304. The van der Waals surface area contributed by atoms with Crippen LogP contribution in [0, 0.1) is 0 Å². The number of nitrogens with two attached hydrogens (primary N) is 1. The zero-order chi connectivity index (χ0) is 14.0. The van der Waals surface area contributed by atoms with Crippen LogP contribution in [0.4, 0.5) is 5.69 Å². The first-order valence-electron chi connectivity index (χ1n) is 6.77. The second kappa shape index (κ2) is 5.61. The van der Waals surface area contributed by atoms with Crippen molar-refractivity contribution in [1.82, 2.24) is 4.90 Å². The van der Waals surface area contributed by atoms with Crippen molar-refractivity contribution in [1.29, 1.82) is 0 Å². The van der Waals surface area contributed by atoms with Gasteiger partial charge in [0, 0.05) is 51.8 Å². The number of benzene rings is 1. The van der Waals surface area contributed by atoms with Gasteiger partial charge in [-0.25, -0.2) is 0 Å². The van der Waals surface area contributed by atoms with E-state index in [2.05, 4.69) is 29.2 Å². The van der Waals surface area contributed by atoms with E-state index in [4.69, 9.17) is 5.73 Å². The third kappa shape index (κ3) is 3.07. The Morgan fingerprint density at radius 2 is 1.95 bits per heavy atom. The maximum Gasteiger partial charge on any atom is 0.219 e. The maximum atomic E-state index is 11.4. The fourth-order valence-corrected chi connectivity index (χ4v) is 2.70. The molecule has 0 radical (unpaired) electrons. The van der Waals surface area contributed by atoms with Gasteiger partial charge in [-0.15, -0.1) is 0 Å². The van der Waals surface area contributed by atoms with Gasteiger partial charge < -0.3 is 15.5 Å². The van der Waals surface area contributed by atoms with Crippen LogP contribution in [0.15, 0.2) is 24.3 Å². The molecule has 2 unspecified atom stereocenters. The summed E-state index contributed by atoms with van der Waals surface area (Å²) in [6.07, 6.45) is 0.946. The van der Waals surface area contributed by atoms with E-state index in [9.17, 15) is 4.79 Å². The molecule has 1 aliphatic rings. The second-order valence-electron chi connectivity index (χ2n) is 5.51. The Bertz CT molecular complexity index is 441. The first kappa shape index (κ1) is 13.9. The van der Waals surface area contributed by atoms with E-state index in [1.807, 2.05) is 19.0 Å². The van der Waals surface area contributed by atoms with Gasteiger partial charge in [-0.2, -0.15) is 0 Å². The summed E-state index contributed by atoms with van der Waals surface area (Å²) in [6, 6.07) is 8.59. The molecule has 19 heavy (non-hydrogen) atoms. The van der Waals surface area contributed by atoms with Crippen molar-refractivity contribution in [3.05, 3.63) is 29.8 Å². The highest BCUT2D eigenvalue weighted by atomic mass is 16.2. The van der Waals surface area contributed by atoms with E-state index in [1.165, 1.54) is 11.3 Å². The van der Waals surface area contributed by atoms with E-state index in [-0.39, 0.29) is 11.9 Å². The first-order chi connectivity index (χ1) is 8.99. The van der Waals surface area contributed by atoms with Crippen molar-refractivity contribution in [2.75, 3.05) is 32.1 Å². The molecule has 104 valence electrons. The van der Waals surface area contributed by atoms with Crippen molar-refractivity contribution >= 4 is 11.6 Å². The van der Waals surface area contributed by atoms with Gasteiger partial charge in [-0.1, -0.05) is 12.1 Å². The molecule has 1 aliphatic heterocycles. The molecule has 0 aromatic heterocycles. The molecule has 2 atom stereocenters. The largest absolute Gasteiger partial charge is 0.378 e. The molecule has 0 aliphatic carbocycles. The fourth-order valence-electron chi connectivity index (χ4n) is 2.70. The number of carbonyl (C=O) groups is 1. The topological polar surface area (TPSA) is 49.6 Å². The number of hydrogen-bond donors (Lipinski definition) is 1. The average molecular weight is 261 g/mol. The Morgan fingerprint density at radius 1 is 1.32 bits per heavy atom. The molecule has 1 saturated heterocycles.